The number of anilines is 1. The molecule has 0 bridgehead atoms. The zero-order valence-corrected chi connectivity index (χ0v) is 17.1. The maximum absolute atomic E-state index is 12.5. The summed E-state index contributed by atoms with van der Waals surface area (Å²) in [5.74, 6) is -1.54. The molecule has 1 aliphatic heterocycles. The van der Waals surface area contributed by atoms with Gasteiger partial charge in [-0.2, -0.15) is 0 Å². The van der Waals surface area contributed by atoms with Crippen molar-refractivity contribution in [2.45, 2.75) is 12.8 Å². The van der Waals surface area contributed by atoms with E-state index >= 15 is 0 Å². The number of nitrogens with zero attached hydrogens (tertiary/aromatic N) is 1. The number of ether oxygens (including phenoxy) is 1. The Morgan fingerprint density at radius 3 is 2.25 bits per heavy atom. The number of nitrogens with one attached hydrogen (secondary N) is 1. The van der Waals surface area contributed by atoms with Gasteiger partial charge in [0.25, 0.3) is 17.7 Å². The lowest BCUT2D eigenvalue weighted by Gasteiger charge is -2.14. The summed E-state index contributed by atoms with van der Waals surface area (Å²) in [7, 11) is 0. The molecule has 3 aromatic rings. The second-order valence-electron chi connectivity index (χ2n) is 7.13. The predicted octanol–water partition coefficient (Wildman–Crippen LogP) is 3.77. The third kappa shape index (κ3) is 4.29. The summed E-state index contributed by atoms with van der Waals surface area (Å²) in [6, 6.07) is 16.3. The number of carbonyl (C=O) groups is 4. The van der Waals surface area contributed by atoms with Crippen LogP contribution in [0.2, 0.25) is 0 Å². The minimum Gasteiger partial charge on any atom is -0.462 e. The van der Waals surface area contributed by atoms with Gasteiger partial charge in [0, 0.05) is 6.54 Å². The number of esters is 1. The van der Waals surface area contributed by atoms with E-state index in [1.807, 2.05) is 0 Å². The van der Waals surface area contributed by atoms with Gasteiger partial charge in [-0.25, -0.2) is 4.79 Å². The Labute approximate surface area is 183 Å². The molecule has 1 aromatic heterocycles. The third-order valence-electron chi connectivity index (χ3n) is 5.03. The summed E-state index contributed by atoms with van der Waals surface area (Å²) >= 11 is 0. The molecule has 8 nitrogen and oxygen atoms in total. The highest BCUT2D eigenvalue weighted by Crippen LogP contribution is 2.23. The molecule has 0 atom stereocenters. The van der Waals surface area contributed by atoms with E-state index in [1.165, 1.54) is 17.2 Å². The Hall–Kier alpha value is -4.20. The molecule has 0 radical (unpaired) electrons. The number of furan rings is 1. The van der Waals surface area contributed by atoms with Crippen LogP contribution < -0.4 is 5.32 Å². The first-order valence-electron chi connectivity index (χ1n) is 10.1. The fraction of sp³-hybridized carbons (Fsp3) is 0.167. The number of benzene rings is 2. The maximum Gasteiger partial charge on any atom is 0.340 e. The van der Waals surface area contributed by atoms with Crippen molar-refractivity contribution < 1.29 is 28.3 Å². The molecule has 0 saturated carbocycles. The minimum atomic E-state index is -0.582. The summed E-state index contributed by atoms with van der Waals surface area (Å²) in [4.78, 5) is 50.6. The van der Waals surface area contributed by atoms with Gasteiger partial charge in [0.05, 0.1) is 35.2 Å². The molecule has 0 fully saturated rings. The molecular formula is C24H20N2O6. The van der Waals surface area contributed by atoms with Crippen molar-refractivity contribution in [3.05, 3.63) is 89.4 Å². The van der Waals surface area contributed by atoms with Crippen molar-refractivity contribution in [2.24, 2.45) is 0 Å². The number of rotatable bonds is 8. The zero-order valence-electron chi connectivity index (χ0n) is 17.1. The van der Waals surface area contributed by atoms with Gasteiger partial charge in [0.2, 0.25) is 0 Å². The molecule has 162 valence electrons. The van der Waals surface area contributed by atoms with Crippen LogP contribution >= 0.6 is 0 Å². The van der Waals surface area contributed by atoms with Crippen LogP contribution in [0, 0.1) is 0 Å². The van der Waals surface area contributed by atoms with Crippen molar-refractivity contribution in [3.63, 3.8) is 0 Å². The number of fused-ring (bicyclic) bond motifs is 1. The number of para-hydroxylation sites is 1. The topological polar surface area (TPSA) is 106 Å². The first-order chi connectivity index (χ1) is 15.6. The molecule has 0 saturated heterocycles. The van der Waals surface area contributed by atoms with Crippen molar-refractivity contribution >= 4 is 29.4 Å². The van der Waals surface area contributed by atoms with Crippen LogP contribution in [0.1, 0.15) is 54.5 Å². The standard InChI is InChI=1S/C24H20N2O6/c27-21(20-12-7-15-31-20)25-19-11-4-3-10-18(19)24(30)32-14-6-5-13-26-22(28)16-8-1-2-9-17(16)23(26)29/h1-4,7-12,15H,5-6,13-14H2,(H,25,27). The fourth-order valence-electron chi connectivity index (χ4n) is 3.42. The summed E-state index contributed by atoms with van der Waals surface area (Å²) < 4.78 is 10.4. The minimum absolute atomic E-state index is 0.114. The Bertz CT molecular complexity index is 1130. The van der Waals surface area contributed by atoms with Crippen LogP contribution in [0.15, 0.2) is 71.3 Å². The summed E-state index contributed by atoms with van der Waals surface area (Å²) in [5.41, 5.74) is 1.35. The van der Waals surface area contributed by atoms with Crippen molar-refractivity contribution in [1.82, 2.24) is 4.90 Å². The monoisotopic (exact) mass is 432 g/mol. The van der Waals surface area contributed by atoms with Crippen LogP contribution in [0.4, 0.5) is 5.69 Å². The van der Waals surface area contributed by atoms with Crippen LogP contribution in [-0.4, -0.2) is 41.7 Å². The molecular weight excluding hydrogens is 412 g/mol. The van der Waals surface area contributed by atoms with Gasteiger partial charge < -0.3 is 14.5 Å². The summed E-state index contributed by atoms with van der Waals surface area (Å²) in [6.07, 6.45) is 2.35. The van der Waals surface area contributed by atoms with Gasteiger partial charge in [0.1, 0.15) is 0 Å². The van der Waals surface area contributed by atoms with Crippen molar-refractivity contribution in [1.29, 1.82) is 0 Å². The van der Waals surface area contributed by atoms with E-state index < -0.39 is 11.9 Å². The zero-order chi connectivity index (χ0) is 22.5. The second kappa shape index (κ2) is 9.30. The second-order valence-corrected chi connectivity index (χ2v) is 7.13. The van der Waals surface area contributed by atoms with Gasteiger partial charge in [-0.05, 0) is 49.2 Å². The fourth-order valence-corrected chi connectivity index (χ4v) is 3.42. The van der Waals surface area contributed by atoms with Gasteiger partial charge >= 0.3 is 5.97 Å². The first kappa shape index (κ1) is 21.0. The average Bonchev–Trinajstić information content (AvgIpc) is 3.43. The molecule has 3 amide bonds. The summed E-state index contributed by atoms with van der Waals surface area (Å²) in [6.45, 7) is 0.363. The molecule has 8 heteroatoms. The Kier molecular flexibility index (Phi) is 6.12. The highest BCUT2D eigenvalue weighted by atomic mass is 16.5. The van der Waals surface area contributed by atoms with E-state index in [0.717, 1.165) is 0 Å². The van der Waals surface area contributed by atoms with Crippen molar-refractivity contribution in [3.8, 4) is 0 Å². The van der Waals surface area contributed by atoms with Crippen LogP contribution in [0.25, 0.3) is 0 Å². The SMILES string of the molecule is O=C(Nc1ccccc1C(=O)OCCCCN1C(=O)c2ccccc2C1=O)c1ccco1. The smallest absolute Gasteiger partial charge is 0.340 e. The van der Waals surface area contributed by atoms with Crippen LogP contribution in [-0.2, 0) is 4.74 Å². The number of carbonyl (C=O) groups excluding carboxylic acids is 4. The molecule has 2 aromatic carbocycles. The molecule has 0 unspecified atom stereocenters. The molecule has 0 spiro atoms. The van der Waals surface area contributed by atoms with Gasteiger partial charge in [-0.3, -0.25) is 19.3 Å². The van der Waals surface area contributed by atoms with Crippen LogP contribution in [0.5, 0.6) is 0 Å². The third-order valence-corrected chi connectivity index (χ3v) is 5.03. The highest BCUT2D eigenvalue weighted by molar-refractivity contribution is 6.21. The van der Waals surface area contributed by atoms with E-state index in [9.17, 15) is 19.2 Å². The van der Waals surface area contributed by atoms with Crippen LogP contribution in [0.3, 0.4) is 0 Å². The van der Waals surface area contributed by atoms with E-state index in [-0.39, 0.29) is 36.3 Å². The molecule has 32 heavy (non-hydrogen) atoms. The highest BCUT2D eigenvalue weighted by Gasteiger charge is 2.34. The Morgan fingerprint density at radius 2 is 1.56 bits per heavy atom. The number of amides is 3. The van der Waals surface area contributed by atoms with E-state index in [2.05, 4.69) is 5.32 Å². The lowest BCUT2D eigenvalue weighted by molar-refractivity contribution is 0.0486. The summed E-state index contributed by atoms with van der Waals surface area (Å²) in [5, 5.41) is 2.64. The maximum atomic E-state index is 12.5. The first-order valence-corrected chi connectivity index (χ1v) is 10.1. The molecule has 0 aliphatic carbocycles. The van der Waals surface area contributed by atoms with Gasteiger partial charge in [0.15, 0.2) is 5.76 Å². The number of hydrogen-bond acceptors (Lipinski definition) is 6. The van der Waals surface area contributed by atoms with E-state index in [0.29, 0.717) is 29.7 Å². The van der Waals surface area contributed by atoms with Gasteiger partial charge in [-0.15, -0.1) is 0 Å². The average molecular weight is 432 g/mol. The molecule has 2 heterocycles. The Balaban J connectivity index is 1.27. The lowest BCUT2D eigenvalue weighted by Crippen LogP contribution is -2.30. The normalized spacial score (nSPS) is 12.6. The van der Waals surface area contributed by atoms with Gasteiger partial charge in [-0.1, -0.05) is 24.3 Å². The van der Waals surface area contributed by atoms with Crippen molar-refractivity contribution in [2.75, 3.05) is 18.5 Å². The molecule has 1 N–H and O–H groups in total. The van der Waals surface area contributed by atoms with E-state index in [4.69, 9.17) is 9.15 Å². The molecule has 4 rings (SSSR count). The number of hydrogen-bond donors (Lipinski definition) is 1. The largest absolute Gasteiger partial charge is 0.462 e. The number of unbranched alkanes of at least 4 members (excludes halogenated alkanes) is 1. The predicted molar refractivity (Wildman–Crippen MR) is 114 cm³/mol. The lowest BCUT2D eigenvalue weighted by atomic mass is 10.1. The van der Waals surface area contributed by atoms with E-state index in [1.54, 1.807) is 54.6 Å². The Morgan fingerprint density at radius 1 is 0.875 bits per heavy atom. The number of imide groups is 1. The quantitative estimate of drug-likeness (QED) is 0.330. The molecule has 1 aliphatic rings.